The number of oxazole rings is 1. The van der Waals surface area contributed by atoms with Crippen molar-refractivity contribution in [2.24, 2.45) is 4.99 Å². The van der Waals surface area contributed by atoms with E-state index in [2.05, 4.69) is 9.98 Å². The van der Waals surface area contributed by atoms with Crippen LogP contribution in [0.2, 0.25) is 5.02 Å². The Morgan fingerprint density at radius 3 is 2.61 bits per heavy atom. The lowest BCUT2D eigenvalue weighted by molar-refractivity contribution is 0.337. The molecule has 0 radical (unpaired) electrons. The van der Waals surface area contributed by atoms with Gasteiger partial charge in [-0.25, -0.2) is 4.98 Å². The molecule has 23 heavy (non-hydrogen) atoms. The van der Waals surface area contributed by atoms with Crippen molar-refractivity contribution in [1.82, 2.24) is 4.98 Å². The molecule has 0 amide bonds. The maximum atomic E-state index is 9.90. The number of rotatable bonds is 3. The van der Waals surface area contributed by atoms with Crippen LogP contribution < -0.4 is 0 Å². The first-order chi connectivity index (χ1) is 11.0. The Morgan fingerprint density at radius 1 is 1.13 bits per heavy atom. The van der Waals surface area contributed by atoms with Crippen molar-refractivity contribution in [2.75, 3.05) is 0 Å². The molecule has 0 aliphatic rings. The van der Waals surface area contributed by atoms with Crippen LogP contribution in [-0.2, 0) is 0 Å². The van der Waals surface area contributed by atoms with Crippen molar-refractivity contribution in [1.29, 1.82) is 0 Å². The van der Waals surface area contributed by atoms with Gasteiger partial charge >= 0.3 is 5.95 Å². The molecule has 0 aliphatic carbocycles. The second kappa shape index (κ2) is 6.26. The molecule has 4 nitrogen and oxygen atoms in total. The molecule has 2 aromatic carbocycles. The Kier molecular flexibility index (Phi) is 4.17. The Balaban J connectivity index is 1.91. The van der Waals surface area contributed by atoms with E-state index in [9.17, 15) is 5.11 Å². The minimum atomic E-state index is -0.260. The van der Waals surface area contributed by atoms with E-state index in [-0.39, 0.29) is 11.6 Å². The fraction of sp³-hybridized carbons (Fsp3) is 0.111. The van der Waals surface area contributed by atoms with Gasteiger partial charge in [0.25, 0.3) is 0 Å². The van der Waals surface area contributed by atoms with Gasteiger partial charge in [0.05, 0.1) is 11.9 Å². The van der Waals surface area contributed by atoms with Gasteiger partial charge in [0.2, 0.25) is 5.89 Å². The number of hydrogen-bond donors (Lipinski definition) is 1. The van der Waals surface area contributed by atoms with E-state index in [1.54, 1.807) is 6.07 Å². The number of aromatic hydroxyl groups is 1. The molecule has 1 heterocycles. The molecule has 3 rings (SSSR count). The minimum Gasteiger partial charge on any atom is -0.479 e. The molecule has 0 spiro atoms. The molecule has 0 saturated carbocycles. The van der Waals surface area contributed by atoms with Crippen LogP contribution in [0.4, 0.5) is 5.69 Å². The summed E-state index contributed by atoms with van der Waals surface area (Å²) in [6, 6.07) is 13.2. The fourth-order valence-electron chi connectivity index (χ4n) is 2.09. The molecule has 0 fully saturated rings. The molecule has 0 aliphatic heterocycles. The van der Waals surface area contributed by atoms with Crippen LogP contribution in [0.25, 0.3) is 11.5 Å². The average Bonchev–Trinajstić information content (AvgIpc) is 2.90. The summed E-state index contributed by atoms with van der Waals surface area (Å²) in [5, 5.41) is 10.5. The molecule has 0 saturated heterocycles. The third-order valence-electron chi connectivity index (χ3n) is 3.50. The summed E-state index contributed by atoms with van der Waals surface area (Å²) in [5.41, 5.74) is 3.80. The molecule has 1 aromatic heterocycles. The predicted molar refractivity (Wildman–Crippen MR) is 91.8 cm³/mol. The number of hydrogen-bond acceptors (Lipinski definition) is 4. The Labute approximate surface area is 139 Å². The highest BCUT2D eigenvalue weighted by molar-refractivity contribution is 6.31. The zero-order chi connectivity index (χ0) is 16.4. The topological polar surface area (TPSA) is 58.6 Å². The Hall–Kier alpha value is -2.59. The van der Waals surface area contributed by atoms with Crippen LogP contribution in [0.3, 0.4) is 0 Å². The first kappa shape index (κ1) is 15.3. The summed E-state index contributed by atoms with van der Waals surface area (Å²) < 4.78 is 5.31. The van der Waals surface area contributed by atoms with E-state index in [1.165, 1.54) is 6.21 Å². The van der Waals surface area contributed by atoms with Crippen molar-refractivity contribution in [2.45, 2.75) is 13.8 Å². The van der Waals surface area contributed by atoms with Gasteiger partial charge in [-0.15, -0.1) is 0 Å². The highest BCUT2D eigenvalue weighted by Crippen LogP contribution is 2.28. The summed E-state index contributed by atoms with van der Waals surface area (Å²) in [6.07, 6.45) is 1.47. The average molecular weight is 327 g/mol. The number of halogens is 1. The van der Waals surface area contributed by atoms with E-state index in [0.717, 1.165) is 22.4 Å². The standard InChI is InChI=1S/C18H15ClN2O2/c1-11-6-8-13(9-7-11)17-21-16(18(22)23-17)10-20-15-5-3-4-14(19)12(15)2/h3-10,22H,1-2H3. The second-order valence-electron chi connectivity index (χ2n) is 5.22. The van der Waals surface area contributed by atoms with Gasteiger partial charge in [0, 0.05) is 10.6 Å². The van der Waals surface area contributed by atoms with Crippen LogP contribution in [0.15, 0.2) is 51.9 Å². The van der Waals surface area contributed by atoms with Crippen LogP contribution in [0, 0.1) is 13.8 Å². The van der Waals surface area contributed by atoms with Gasteiger partial charge < -0.3 is 9.52 Å². The number of nitrogens with zero attached hydrogens (tertiary/aromatic N) is 2. The highest BCUT2D eigenvalue weighted by atomic mass is 35.5. The summed E-state index contributed by atoms with van der Waals surface area (Å²) in [7, 11) is 0. The first-order valence-electron chi connectivity index (χ1n) is 7.10. The Morgan fingerprint density at radius 2 is 1.87 bits per heavy atom. The van der Waals surface area contributed by atoms with Crippen molar-refractivity contribution in [3.8, 4) is 17.4 Å². The second-order valence-corrected chi connectivity index (χ2v) is 5.62. The maximum absolute atomic E-state index is 9.90. The molecule has 116 valence electrons. The SMILES string of the molecule is Cc1ccc(-c2nc(C=Nc3cccc(Cl)c3C)c(O)o2)cc1. The van der Waals surface area contributed by atoms with Crippen LogP contribution >= 0.6 is 11.6 Å². The lowest BCUT2D eigenvalue weighted by Crippen LogP contribution is -1.84. The largest absolute Gasteiger partial charge is 0.479 e. The van der Waals surface area contributed by atoms with Gasteiger partial charge in [-0.2, -0.15) is 0 Å². The third kappa shape index (κ3) is 3.27. The number of aromatic nitrogens is 1. The smallest absolute Gasteiger partial charge is 0.312 e. The number of benzene rings is 2. The van der Waals surface area contributed by atoms with Crippen LogP contribution in [0.1, 0.15) is 16.8 Å². The van der Waals surface area contributed by atoms with E-state index >= 15 is 0 Å². The maximum Gasteiger partial charge on any atom is 0.312 e. The van der Waals surface area contributed by atoms with Crippen molar-refractivity contribution < 1.29 is 9.52 Å². The van der Waals surface area contributed by atoms with E-state index < -0.39 is 0 Å². The predicted octanol–water partition coefficient (Wildman–Crippen LogP) is 5.07. The summed E-state index contributed by atoms with van der Waals surface area (Å²) in [6.45, 7) is 3.89. The van der Waals surface area contributed by atoms with Crippen LogP contribution in [0.5, 0.6) is 5.95 Å². The van der Waals surface area contributed by atoms with E-state index in [4.69, 9.17) is 16.0 Å². The molecular weight excluding hydrogens is 312 g/mol. The summed E-state index contributed by atoms with van der Waals surface area (Å²) >= 11 is 6.07. The molecular formula is C18H15ClN2O2. The van der Waals surface area contributed by atoms with Crippen molar-refractivity contribution in [3.63, 3.8) is 0 Å². The lowest BCUT2D eigenvalue weighted by Gasteiger charge is -2.00. The first-order valence-corrected chi connectivity index (χ1v) is 7.48. The van der Waals surface area contributed by atoms with Gasteiger partial charge in [-0.1, -0.05) is 35.4 Å². The van der Waals surface area contributed by atoms with Gasteiger partial charge in [-0.3, -0.25) is 4.99 Å². The van der Waals surface area contributed by atoms with Gasteiger partial charge in [0.1, 0.15) is 0 Å². The number of aryl methyl sites for hydroxylation is 1. The lowest BCUT2D eigenvalue weighted by atomic mass is 10.1. The third-order valence-corrected chi connectivity index (χ3v) is 3.91. The van der Waals surface area contributed by atoms with E-state index in [0.29, 0.717) is 10.9 Å². The van der Waals surface area contributed by atoms with Crippen LogP contribution in [-0.4, -0.2) is 16.3 Å². The van der Waals surface area contributed by atoms with Gasteiger partial charge in [-0.05, 0) is 43.7 Å². The zero-order valence-electron chi connectivity index (χ0n) is 12.7. The normalized spacial score (nSPS) is 11.3. The van der Waals surface area contributed by atoms with Crippen molar-refractivity contribution >= 4 is 23.5 Å². The molecule has 0 unspecified atom stereocenters. The molecule has 0 bridgehead atoms. The van der Waals surface area contributed by atoms with Gasteiger partial charge in [0.15, 0.2) is 5.69 Å². The number of aliphatic imine (C=N–C) groups is 1. The molecule has 0 atom stereocenters. The quantitative estimate of drug-likeness (QED) is 0.684. The fourth-order valence-corrected chi connectivity index (χ4v) is 2.26. The monoisotopic (exact) mass is 326 g/mol. The van der Waals surface area contributed by atoms with E-state index in [1.807, 2.05) is 50.2 Å². The molecule has 1 N–H and O–H groups in total. The Bertz CT molecular complexity index is 867. The summed E-state index contributed by atoms with van der Waals surface area (Å²) in [4.78, 5) is 8.60. The summed E-state index contributed by atoms with van der Waals surface area (Å²) in [5.74, 6) is 0.0933. The molecule has 5 heteroatoms. The van der Waals surface area contributed by atoms with Crippen molar-refractivity contribution in [3.05, 3.63) is 64.3 Å². The minimum absolute atomic E-state index is 0.260. The zero-order valence-corrected chi connectivity index (χ0v) is 13.5. The highest BCUT2D eigenvalue weighted by Gasteiger charge is 2.12. The molecule has 3 aromatic rings.